The zero-order valence-electron chi connectivity index (χ0n) is 34.5. The number of nitrogens with zero attached hydrogens (tertiary/aromatic N) is 1. The molecule has 3 aliphatic heterocycles. The number of rotatable bonds is 3. The molecule has 1 aliphatic carbocycles. The van der Waals surface area contributed by atoms with Crippen molar-refractivity contribution in [2.75, 3.05) is 4.90 Å². The average molecular weight is 814 g/mol. The molecule has 0 aromatic heterocycles. The highest BCUT2D eigenvalue weighted by Gasteiger charge is 2.55. The normalized spacial score (nSPS) is 16.1. The van der Waals surface area contributed by atoms with Gasteiger partial charge in [-0.2, -0.15) is 0 Å². The van der Waals surface area contributed by atoms with Gasteiger partial charge in [-0.15, -0.1) is 0 Å². The van der Waals surface area contributed by atoms with Gasteiger partial charge in [0.05, 0.1) is 16.8 Å². The minimum absolute atomic E-state index is 0.511. The summed E-state index contributed by atoms with van der Waals surface area (Å²) in [5.41, 5.74) is 21.4. The van der Waals surface area contributed by atoms with Crippen molar-refractivity contribution in [1.82, 2.24) is 0 Å². The average Bonchev–Trinajstić information content (AvgIpc) is 3.94. The van der Waals surface area contributed by atoms with Gasteiger partial charge in [-0.1, -0.05) is 200 Å². The van der Waals surface area contributed by atoms with E-state index in [4.69, 9.17) is 0 Å². The van der Waals surface area contributed by atoms with Crippen molar-refractivity contribution in [1.29, 1.82) is 0 Å². The van der Waals surface area contributed by atoms with E-state index in [0.717, 1.165) is 0 Å². The van der Waals surface area contributed by atoms with Crippen LogP contribution in [0.25, 0.3) is 55.6 Å². The molecule has 1 nitrogen and oxygen atoms in total. The highest BCUT2D eigenvalue weighted by atomic mass is 28.3. The van der Waals surface area contributed by atoms with Crippen molar-refractivity contribution in [3.8, 4) is 55.6 Å². The first-order valence-electron chi connectivity index (χ1n) is 22.1. The summed E-state index contributed by atoms with van der Waals surface area (Å²) in [6.45, 7) is 0. The molecule has 3 heterocycles. The molecular formula is C61H39NSi. The van der Waals surface area contributed by atoms with Crippen LogP contribution in [-0.4, -0.2) is 8.07 Å². The van der Waals surface area contributed by atoms with Crippen molar-refractivity contribution < 1.29 is 0 Å². The van der Waals surface area contributed by atoms with Crippen molar-refractivity contribution in [2.45, 2.75) is 5.41 Å². The van der Waals surface area contributed by atoms with E-state index in [1.54, 1.807) is 0 Å². The largest absolute Gasteiger partial charge is 0.310 e. The van der Waals surface area contributed by atoms with Gasteiger partial charge >= 0.3 is 0 Å². The van der Waals surface area contributed by atoms with Gasteiger partial charge in [0.25, 0.3) is 0 Å². The molecule has 1 atom stereocenters. The van der Waals surface area contributed by atoms with Crippen molar-refractivity contribution in [3.63, 3.8) is 0 Å². The minimum Gasteiger partial charge on any atom is -0.310 e. The molecule has 0 N–H and O–H groups in total. The van der Waals surface area contributed by atoms with E-state index in [9.17, 15) is 0 Å². The van der Waals surface area contributed by atoms with E-state index in [1.807, 2.05) is 0 Å². The van der Waals surface area contributed by atoms with Gasteiger partial charge in [0.1, 0.15) is 0 Å². The maximum absolute atomic E-state index is 2.76. The Hall–Kier alpha value is -7.78. The maximum Gasteiger partial charge on any atom is 0.182 e. The molecule has 10 aromatic carbocycles. The molecule has 14 rings (SSSR count). The van der Waals surface area contributed by atoms with Gasteiger partial charge in [-0.25, -0.2) is 0 Å². The topological polar surface area (TPSA) is 3.24 Å². The van der Waals surface area contributed by atoms with Crippen LogP contribution in [0.3, 0.4) is 0 Å². The SMILES string of the molecule is c1ccc(-c2ccc3c(c2)-c2ccccc2[Si]32c3ccccc3-c3ccc(N4c5ccccc5C5(c6ccccc6-c6ccccc65)c5cc(-c6ccccc6)ccc54)cc32)cc1. The second-order valence-corrected chi connectivity index (χ2v) is 21.1. The number of fused-ring (bicyclic) bond motifs is 19. The number of benzene rings is 10. The lowest BCUT2D eigenvalue weighted by molar-refractivity contribution is 0.753. The Labute approximate surface area is 368 Å². The van der Waals surface area contributed by atoms with Gasteiger partial charge in [0.2, 0.25) is 0 Å². The first kappa shape index (κ1) is 34.9. The van der Waals surface area contributed by atoms with E-state index in [2.05, 4.69) is 241 Å². The van der Waals surface area contributed by atoms with Gasteiger partial charge in [-0.3, -0.25) is 0 Å². The van der Waals surface area contributed by atoms with Crippen LogP contribution >= 0.6 is 0 Å². The highest BCUT2D eigenvalue weighted by Crippen LogP contribution is 2.63. The van der Waals surface area contributed by atoms with E-state index in [0.29, 0.717) is 0 Å². The Morgan fingerprint density at radius 2 is 0.746 bits per heavy atom. The van der Waals surface area contributed by atoms with Gasteiger partial charge in [0, 0.05) is 5.69 Å². The smallest absolute Gasteiger partial charge is 0.182 e. The van der Waals surface area contributed by atoms with Gasteiger partial charge in [-0.05, 0) is 135 Å². The molecule has 2 spiro atoms. The fourth-order valence-corrected chi connectivity index (χ4v) is 17.9. The van der Waals surface area contributed by atoms with E-state index < -0.39 is 13.5 Å². The lowest BCUT2D eigenvalue weighted by Gasteiger charge is -2.45. The Kier molecular flexibility index (Phi) is 7.13. The predicted molar refractivity (Wildman–Crippen MR) is 264 cm³/mol. The summed E-state index contributed by atoms with van der Waals surface area (Å²) < 4.78 is 0. The molecular weight excluding hydrogens is 775 g/mol. The molecule has 0 saturated carbocycles. The Bertz CT molecular complexity index is 3490. The second kappa shape index (κ2) is 12.9. The van der Waals surface area contributed by atoms with E-state index in [-0.39, 0.29) is 0 Å². The van der Waals surface area contributed by atoms with Crippen LogP contribution in [-0.2, 0) is 5.41 Å². The molecule has 10 aromatic rings. The molecule has 292 valence electrons. The lowest BCUT2D eigenvalue weighted by atomic mass is 9.64. The first-order valence-corrected chi connectivity index (χ1v) is 24.1. The fraction of sp³-hybridized carbons (Fsp3) is 0.0164. The zero-order valence-corrected chi connectivity index (χ0v) is 35.5. The maximum atomic E-state index is 2.60. The van der Waals surface area contributed by atoms with Crippen LogP contribution in [0.4, 0.5) is 17.1 Å². The van der Waals surface area contributed by atoms with Crippen LogP contribution in [0.1, 0.15) is 22.3 Å². The quantitative estimate of drug-likeness (QED) is 0.161. The minimum atomic E-state index is -2.76. The molecule has 4 aliphatic rings. The van der Waals surface area contributed by atoms with Crippen LogP contribution < -0.4 is 25.6 Å². The fourth-order valence-electron chi connectivity index (χ4n) is 12.3. The third-order valence-electron chi connectivity index (χ3n) is 14.7. The second-order valence-electron chi connectivity index (χ2n) is 17.5. The van der Waals surface area contributed by atoms with Crippen LogP contribution in [0.5, 0.6) is 0 Å². The number of hydrogen-bond donors (Lipinski definition) is 0. The summed E-state index contributed by atoms with van der Waals surface area (Å²) >= 11 is 0. The standard InChI is InChI=1S/C61H39NSi/c1-3-17-40(18-4-1)42-32-36-59-50(37-42)48-24-10-16-30-58(48)63(59)57-29-15-9-23-47(57)49-34-33-44(39-60(49)63)62-55-28-14-13-27-53(55)61(51-25-11-7-21-45(51)46-22-8-12-26-52(46)61)54-38-43(31-35-56(54)62)41-19-5-2-6-20-41/h1-39H. The molecule has 0 amide bonds. The van der Waals surface area contributed by atoms with Crippen LogP contribution in [0.15, 0.2) is 237 Å². The number of hydrogen-bond acceptors (Lipinski definition) is 1. The number of anilines is 3. The summed E-state index contributed by atoms with van der Waals surface area (Å²) in [6.07, 6.45) is 0. The van der Waals surface area contributed by atoms with Crippen LogP contribution in [0, 0.1) is 0 Å². The summed E-state index contributed by atoms with van der Waals surface area (Å²) in [5, 5.41) is 5.92. The van der Waals surface area contributed by atoms with Crippen LogP contribution in [0.2, 0.25) is 0 Å². The molecule has 0 fully saturated rings. The van der Waals surface area contributed by atoms with Gasteiger partial charge in [0.15, 0.2) is 8.07 Å². The van der Waals surface area contributed by atoms with E-state index in [1.165, 1.54) is 116 Å². The molecule has 2 heteroatoms. The Balaban J connectivity index is 1.05. The molecule has 0 radical (unpaired) electrons. The lowest BCUT2D eigenvalue weighted by Crippen LogP contribution is -2.70. The third kappa shape index (κ3) is 4.45. The third-order valence-corrected chi connectivity index (χ3v) is 19.6. The molecule has 1 unspecified atom stereocenters. The van der Waals surface area contributed by atoms with Crippen molar-refractivity contribution in [2.24, 2.45) is 0 Å². The Morgan fingerprint density at radius 1 is 0.270 bits per heavy atom. The molecule has 0 bridgehead atoms. The monoisotopic (exact) mass is 813 g/mol. The summed E-state index contributed by atoms with van der Waals surface area (Å²) in [4.78, 5) is 2.58. The van der Waals surface area contributed by atoms with Gasteiger partial charge < -0.3 is 4.90 Å². The molecule has 0 saturated heterocycles. The van der Waals surface area contributed by atoms with Crippen molar-refractivity contribution >= 4 is 45.9 Å². The van der Waals surface area contributed by atoms with E-state index >= 15 is 0 Å². The summed E-state index contributed by atoms with van der Waals surface area (Å²) in [6, 6.07) is 89.8. The number of para-hydroxylation sites is 1. The first-order chi connectivity index (χ1) is 31.3. The zero-order chi connectivity index (χ0) is 41.3. The molecule has 63 heavy (non-hydrogen) atoms. The predicted octanol–water partition coefficient (Wildman–Crippen LogP) is 12.5. The Morgan fingerprint density at radius 3 is 1.41 bits per heavy atom. The summed E-state index contributed by atoms with van der Waals surface area (Å²) in [7, 11) is -2.76. The summed E-state index contributed by atoms with van der Waals surface area (Å²) in [5.74, 6) is 0. The van der Waals surface area contributed by atoms with Crippen molar-refractivity contribution in [3.05, 3.63) is 259 Å². The highest BCUT2D eigenvalue weighted by molar-refractivity contribution is 7.24.